The second-order valence-electron chi connectivity index (χ2n) is 4.41. The van der Waals surface area contributed by atoms with Crippen LogP contribution in [0.25, 0.3) is 0 Å². The van der Waals surface area contributed by atoms with Gasteiger partial charge in [-0.15, -0.1) is 0 Å². The van der Waals surface area contributed by atoms with Crippen molar-refractivity contribution in [2.24, 2.45) is 0 Å². The molecule has 1 unspecified atom stereocenters. The Morgan fingerprint density at radius 2 is 1.89 bits per heavy atom. The van der Waals surface area contributed by atoms with E-state index in [2.05, 4.69) is 5.32 Å². The molecule has 1 atom stereocenters. The smallest absolute Gasteiger partial charge is 0.310 e. The van der Waals surface area contributed by atoms with Gasteiger partial charge in [-0.25, -0.2) is 0 Å². The zero-order chi connectivity index (χ0) is 14.5. The van der Waals surface area contributed by atoms with Crippen molar-refractivity contribution in [3.63, 3.8) is 0 Å². The van der Waals surface area contributed by atoms with Gasteiger partial charge in [0.15, 0.2) is 0 Å². The van der Waals surface area contributed by atoms with E-state index in [1.54, 1.807) is 12.1 Å². The molecule has 0 aromatic heterocycles. The highest BCUT2D eigenvalue weighted by Gasteiger charge is 2.25. The van der Waals surface area contributed by atoms with Crippen LogP contribution in [0, 0.1) is 0 Å². The van der Waals surface area contributed by atoms with E-state index in [9.17, 15) is 13.2 Å². The van der Waals surface area contributed by atoms with E-state index in [4.69, 9.17) is 23.2 Å². The Bertz CT molecular complexity index is 407. The van der Waals surface area contributed by atoms with Gasteiger partial charge in [0.05, 0.1) is 0 Å². The molecule has 19 heavy (non-hydrogen) atoms. The maximum atomic E-state index is 11.9. The summed E-state index contributed by atoms with van der Waals surface area (Å²) in [5.74, 6) is 0. The molecule has 0 bridgehead atoms. The largest absolute Gasteiger partial charge is 0.389 e. The Balaban J connectivity index is 2.33. The fourth-order valence-corrected chi connectivity index (χ4v) is 2.30. The monoisotopic (exact) mass is 313 g/mol. The third-order valence-corrected chi connectivity index (χ3v) is 3.33. The van der Waals surface area contributed by atoms with Gasteiger partial charge in [0.1, 0.15) is 0 Å². The summed E-state index contributed by atoms with van der Waals surface area (Å²) in [6.45, 7) is 2.44. The molecule has 1 aromatic carbocycles. The molecule has 0 amide bonds. The minimum Gasteiger partial charge on any atom is -0.310 e. The summed E-state index contributed by atoms with van der Waals surface area (Å²) < 4.78 is 35.8. The molecule has 0 aliphatic heterocycles. The van der Waals surface area contributed by atoms with Gasteiger partial charge in [-0.2, -0.15) is 13.2 Å². The van der Waals surface area contributed by atoms with Crippen LogP contribution in [-0.2, 0) is 0 Å². The molecule has 108 valence electrons. The summed E-state index contributed by atoms with van der Waals surface area (Å²) >= 11 is 11.8. The first-order valence-corrected chi connectivity index (χ1v) is 6.80. The molecule has 1 rings (SSSR count). The van der Waals surface area contributed by atoms with Crippen LogP contribution in [0.1, 0.15) is 37.8 Å². The Kier molecular flexibility index (Phi) is 6.43. The van der Waals surface area contributed by atoms with Crippen LogP contribution in [0.15, 0.2) is 18.2 Å². The van der Waals surface area contributed by atoms with Crippen molar-refractivity contribution >= 4 is 23.2 Å². The van der Waals surface area contributed by atoms with Gasteiger partial charge in [-0.1, -0.05) is 29.3 Å². The van der Waals surface area contributed by atoms with E-state index < -0.39 is 12.6 Å². The van der Waals surface area contributed by atoms with Gasteiger partial charge in [-0.3, -0.25) is 0 Å². The molecule has 6 heteroatoms. The lowest BCUT2D eigenvalue weighted by atomic mass is 10.1. The quantitative estimate of drug-likeness (QED) is 0.695. The Morgan fingerprint density at radius 1 is 1.21 bits per heavy atom. The standard InChI is InChI=1S/C13H16Cl2F3N/c1-9(11-5-4-10(14)8-12(11)15)19-7-3-2-6-13(16,17)18/h4-5,8-9,19H,2-3,6-7H2,1H3. The van der Waals surface area contributed by atoms with E-state index in [-0.39, 0.29) is 12.5 Å². The highest BCUT2D eigenvalue weighted by molar-refractivity contribution is 6.35. The van der Waals surface area contributed by atoms with Crippen molar-refractivity contribution in [2.45, 2.75) is 38.4 Å². The molecule has 1 nitrogen and oxygen atoms in total. The number of nitrogens with one attached hydrogen (secondary N) is 1. The van der Waals surface area contributed by atoms with Gasteiger partial charge in [0.25, 0.3) is 0 Å². The molecular formula is C13H16Cl2F3N. The normalized spacial score (nSPS) is 13.6. The highest BCUT2D eigenvalue weighted by atomic mass is 35.5. The second-order valence-corrected chi connectivity index (χ2v) is 5.26. The van der Waals surface area contributed by atoms with Gasteiger partial charge in [-0.05, 0) is 44.0 Å². The number of unbranched alkanes of at least 4 members (excludes halogenated alkanes) is 1. The molecule has 0 heterocycles. The fourth-order valence-electron chi connectivity index (χ4n) is 1.73. The molecule has 0 saturated carbocycles. The molecule has 1 N–H and O–H groups in total. The van der Waals surface area contributed by atoms with Gasteiger partial charge < -0.3 is 5.32 Å². The summed E-state index contributed by atoms with van der Waals surface area (Å²) in [7, 11) is 0. The first-order valence-electron chi connectivity index (χ1n) is 6.04. The summed E-state index contributed by atoms with van der Waals surface area (Å²) in [4.78, 5) is 0. The van der Waals surface area contributed by atoms with E-state index in [0.717, 1.165) is 5.56 Å². The molecule has 0 saturated heterocycles. The zero-order valence-electron chi connectivity index (χ0n) is 10.5. The number of hydrogen-bond acceptors (Lipinski definition) is 1. The lowest BCUT2D eigenvalue weighted by Crippen LogP contribution is -2.20. The Morgan fingerprint density at radius 3 is 2.47 bits per heavy atom. The van der Waals surface area contributed by atoms with E-state index in [1.165, 1.54) is 0 Å². The van der Waals surface area contributed by atoms with Crippen molar-refractivity contribution in [3.05, 3.63) is 33.8 Å². The fraction of sp³-hybridized carbons (Fsp3) is 0.538. The maximum Gasteiger partial charge on any atom is 0.389 e. The third-order valence-electron chi connectivity index (χ3n) is 2.77. The maximum absolute atomic E-state index is 11.9. The Labute approximate surface area is 121 Å². The topological polar surface area (TPSA) is 12.0 Å². The molecule has 0 aliphatic carbocycles. The minimum atomic E-state index is -4.06. The molecule has 0 aliphatic rings. The van der Waals surface area contributed by atoms with Crippen LogP contribution in [0.5, 0.6) is 0 Å². The third kappa shape index (κ3) is 6.50. The highest BCUT2D eigenvalue weighted by Crippen LogP contribution is 2.26. The molecule has 1 aromatic rings. The number of alkyl halides is 3. The molecule has 0 radical (unpaired) electrons. The van der Waals surface area contributed by atoms with Crippen LogP contribution in [-0.4, -0.2) is 12.7 Å². The Hall–Kier alpha value is -0.450. The van der Waals surface area contributed by atoms with Crippen molar-refractivity contribution in [1.82, 2.24) is 5.32 Å². The summed E-state index contributed by atoms with van der Waals surface area (Å²) in [6.07, 6.45) is -4.18. The van der Waals surface area contributed by atoms with E-state index >= 15 is 0 Å². The zero-order valence-corrected chi connectivity index (χ0v) is 12.0. The second kappa shape index (κ2) is 7.36. The SMILES string of the molecule is CC(NCCCCC(F)(F)F)c1ccc(Cl)cc1Cl. The predicted molar refractivity (Wildman–Crippen MR) is 72.8 cm³/mol. The van der Waals surface area contributed by atoms with Crippen LogP contribution in [0.3, 0.4) is 0 Å². The first kappa shape index (κ1) is 16.6. The first-order chi connectivity index (χ1) is 8.79. The van der Waals surface area contributed by atoms with E-state index in [1.807, 2.05) is 13.0 Å². The number of hydrogen-bond donors (Lipinski definition) is 1. The summed E-state index contributed by atoms with van der Waals surface area (Å²) in [6, 6.07) is 5.19. The van der Waals surface area contributed by atoms with Crippen molar-refractivity contribution in [2.75, 3.05) is 6.54 Å². The molecular weight excluding hydrogens is 298 g/mol. The van der Waals surface area contributed by atoms with Crippen molar-refractivity contribution in [3.8, 4) is 0 Å². The number of benzene rings is 1. The van der Waals surface area contributed by atoms with Crippen LogP contribution >= 0.6 is 23.2 Å². The van der Waals surface area contributed by atoms with Crippen LogP contribution < -0.4 is 5.32 Å². The average Bonchev–Trinajstić information content (AvgIpc) is 2.26. The lowest BCUT2D eigenvalue weighted by Gasteiger charge is -2.16. The predicted octanol–water partition coefficient (Wildman–Crippen LogP) is 5.38. The van der Waals surface area contributed by atoms with Crippen molar-refractivity contribution < 1.29 is 13.2 Å². The van der Waals surface area contributed by atoms with Crippen molar-refractivity contribution in [1.29, 1.82) is 0 Å². The van der Waals surface area contributed by atoms with Crippen LogP contribution in [0.4, 0.5) is 13.2 Å². The average molecular weight is 314 g/mol. The number of halogens is 5. The number of rotatable bonds is 6. The van der Waals surface area contributed by atoms with Gasteiger partial charge in [0.2, 0.25) is 0 Å². The molecule has 0 fully saturated rings. The van der Waals surface area contributed by atoms with E-state index in [0.29, 0.717) is 23.0 Å². The summed E-state index contributed by atoms with van der Waals surface area (Å²) in [5.41, 5.74) is 0.891. The minimum absolute atomic E-state index is 0.0179. The lowest BCUT2D eigenvalue weighted by molar-refractivity contribution is -0.135. The summed E-state index contributed by atoms with van der Waals surface area (Å²) in [5, 5.41) is 4.27. The molecule has 0 spiro atoms. The van der Waals surface area contributed by atoms with Crippen LogP contribution in [0.2, 0.25) is 10.0 Å². The van der Waals surface area contributed by atoms with Gasteiger partial charge in [0, 0.05) is 22.5 Å². The van der Waals surface area contributed by atoms with Gasteiger partial charge >= 0.3 is 6.18 Å².